The fraction of sp³-hybridized carbons (Fsp3) is 0.500. The highest BCUT2D eigenvalue weighted by molar-refractivity contribution is 6.31. The fourth-order valence-corrected chi connectivity index (χ4v) is 3.34. The normalized spacial score (nSPS) is 22.7. The minimum absolute atomic E-state index is 0.00648. The van der Waals surface area contributed by atoms with Gasteiger partial charge >= 0.3 is 0 Å². The summed E-state index contributed by atoms with van der Waals surface area (Å²) in [5.74, 6) is 5.49. The number of fused-ring (bicyclic) bond motifs is 1. The molecule has 1 amide bonds. The standard InChI is InChI=1S/C14H19ClN4O/c15-10-3-4-13(17-16)12(8-10)14(20)19-7-6-18-5-1-2-11(18)9-19/h3-4,8,11,17H,1-2,5-7,9,16H2. The zero-order valence-electron chi connectivity index (χ0n) is 11.3. The molecule has 2 aliphatic rings. The van der Waals surface area contributed by atoms with E-state index in [-0.39, 0.29) is 5.91 Å². The molecular formula is C14H19ClN4O. The summed E-state index contributed by atoms with van der Waals surface area (Å²) in [6, 6.07) is 5.66. The van der Waals surface area contributed by atoms with Crippen LogP contribution in [-0.4, -0.2) is 47.9 Å². The van der Waals surface area contributed by atoms with E-state index in [2.05, 4.69) is 10.3 Å². The number of nitrogens with two attached hydrogens (primary N) is 1. The zero-order valence-corrected chi connectivity index (χ0v) is 12.1. The molecule has 0 bridgehead atoms. The van der Waals surface area contributed by atoms with E-state index in [9.17, 15) is 4.79 Å². The molecule has 20 heavy (non-hydrogen) atoms. The Hall–Kier alpha value is -1.30. The van der Waals surface area contributed by atoms with Gasteiger partial charge in [-0.1, -0.05) is 11.6 Å². The van der Waals surface area contributed by atoms with E-state index < -0.39 is 0 Å². The molecule has 0 radical (unpaired) electrons. The number of piperazine rings is 1. The smallest absolute Gasteiger partial charge is 0.256 e. The highest BCUT2D eigenvalue weighted by atomic mass is 35.5. The molecule has 6 heteroatoms. The van der Waals surface area contributed by atoms with E-state index >= 15 is 0 Å². The third kappa shape index (κ3) is 2.49. The van der Waals surface area contributed by atoms with Crippen molar-refractivity contribution in [2.75, 3.05) is 31.6 Å². The highest BCUT2D eigenvalue weighted by Gasteiger charge is 2.33. The van der Waals surface area contributed by atoms with Crippen LogP contribution in [0, 0.1) is 0 Å². The molecule has 108 valence electrons. The molecule has 5 nitrogen and oxygen atoms in total. The van der Waals surface area contributed by atoms with Gasteiger partial charge in [0.25, 0.3) is 5.91 Å². The first kappa shape index (κ1) is 13.7. The van der Waals surface area contributed by atoms with Gasteiger partial charge < -0.3 is 10.3 Å². The van der Waals surface area contributed by atoms with Gasteiger partial charge in [0.2, 0.25) is 0 Å². The zero-order chi connectivity index (χ0) is 14.1. The number of carbonyl (C=O) groups is 1. The second-order valence-corrected chi connectivity index (χ2v) is 5.85. The molecule has 1 unspecified atom stereocenters. The fourth-order valence-electron chi connectivity index (χ4n) is 3.17. The Balaban J connectivity index is 1.80. The van der Waals surface area contributed by atoms with Crippen LogP contribution in [0.4, 0.5) is 5.69 Å². The minimum atomic E-state index is 0.00648. The van der Waals surface area contributed by atoms with Crippen molar-refractivity contribution >= 4 is 23.2 Å². The van der Waals surface area contributed by atoms with Crippen molar-refractivity contribution in [1.29, 1.82) is 0 Å². The Labute approximate surface area is 123 Å². The average Bonchev–Trinajstić information content (AvgIpc) is 2.93. The summed E-state index contributed by atoms with van der Waals surface area (Å²) < 4.78 is 0. The Morgan fingerprint density at radius 1 is 1.35 bits per heavy atom. The van der Waals surface area contributed by atoms with Crippen LogP contribution in [0.3, 0.4) is 0 Å². The van der Waals surface area contributed by atoms with Crippen LogP contribution < -0.4 is 11.3 Å². The minimum Gasteiger partial charge on any atom is -0.336 e. The maximum atomic E-state index is 12.7. The van der Waals surface area contributed by atoms with Crippen LogP contribution in [0.2, 0.25) is 5.02 Å². The number of nitrogens with zero attached hydrogens (tertiary/aromatic N) is 2. The van der Waals surface area contributed by atoms with Gasteiger partial charge in [-0.2, -0.15) is 0 Å². The van der Waals surface area contributed by atoms with E-state index in [1.54, 1.807) is 18.2 Å². The summed E-state index contributed by atoms with van der Waals surface area (Å²) in [6.45, 7) is 3.70. The van der Waals surface area contributed by atoms with E-state index in [1.807, 2.05) is 4.90 Å². The van der Waals surface area contributed by atoms with Gasteiger partial charge in [-0.05, 0) is 37.6 Å². The van der Waals surface area contributed by atoms with Crippen molar-refractivity contribution in [2.24, 2.45) is 5.84 Å². The molecule has 0 saturated carbocycles. The van der Waals surface area contributed by atoms with Gasteiger partial charge in [0, 0.05) is 30.7 Å². The summed E-state index contributed by atoms with van der Waals surface area (Å²) in [5, 5.41) is 0.548. The number of hydrazine groups is 1. The molecule has 0 aromatic heterocycles. The number of nitrogens with one attached hydrogen (secondary N) is 1. The number of hydrogen-bond acceptors (Lipinski definition) is 4. The van der Waals surface area contributed by atoms with Crippen molar-refractivity contribution in [3.8, 4) is 0 Å². The summed E-state index contributed by atoms with van der Waals surface area (Å²) in [5.41, 5.74) is 3.74. The van der Waals surface area contributed by atoms with E-state index in [4.69, 9.17) is 17.4 Å². The Morgan fingerprint density at radius 2 is 2.20 bits per heavy atom. The first-order chi connectivity index (χ1) is 9.69. The number of hydrogen-bond donors (Lipinski definition) is 2. The first-order valence-corrected chi connectivity index (χ1v) is 7.36. The number of nitrogen functional groups attached to an aromatic ring is 1. The molecule has 0 spiro atoms. The Morgan fingerprint density at radius 3 is 3.00 bits per heavy atom. The van der Waals surface area contributed by atoms with E-state index in [1.165, 1.54) is 19.4 Å². The molecule has 2 heterocycles. The van der Waals surface area contributed by atoms with Crippen LogP contribution in [-0.2, 0) is 0 Å². The van der Waals surface area contributed by atoms with Gasteiger partial charge in [-0.3, -0.25) is 15.5 Å². The van der Waals surface area contributed by atoms with Gasteiger partial charge in [-0.15, -0.1) is 0 Å². The molecule has 2 aliphatic heterocycles. The van der Waals surface area contributed by atoms with Crippen molar-refractivity contribution in [3.05, 3.63) is 28.8 Å². The molecule has 0 aliphatic carbocycles. The number of benzene rings is 1. The van der Waals surface area contributed by atoms with Crippen molar-refractivity contribution in [2.45, 2.75) is 18.9 Å². The molecule has 1 aromatic carbocycles. The molecule has 3 N–H and O–H groups in total. The third-order valence-electron chi connectivity index (χ3n) is 4.24. The van der Waals surface area contributed by atoms with Crippen LogP contribution in [0.25, 0.3) is 0 Å². The third-order valence-corrected chi connectivity index (χ3v) is 4.48. The van der Waals surface area contributed by atoms with Gasteiger partial charge in [0.1, 0.15) is 0 Å². The van der Waals surface area contributed by atoms with Crippen molar-refractivity contribution < 1.29 is 4.79 Å². The molecule has 2 saturated heterocycles. The topological polar surface area (TPSA) is 61.6 Å². The lowest BCUT2D eigenvalue weighted by molar-refractivity contribution is 0.0572. The number of halogens is 1. The second kappa shape index (κ2) is 5.60. The SMILES string of the molecule is NNc1ccc(Cl)cc1C(=O)N1CCN2CCCC2C1. The summed E-state index contributed by atoms with van der Waals surface area (Å²) >= 11 is 6.00. The van der Waals surface area contributed by atoms with Gasteiger partial charge in [0.05, 0.1) is 11.3 Å². The number of rotatable bonds is 2. The lowest BCUT2D eigenvalue weighted by Gasteiger charge is -2.37. The van der Waals surface area contributed by atoms with Gasteiger partial charge in [-0.25, -0.2) is 0 Å². The monoisotopic (exact) mass is 294 g/mol. The lowest BCUT2D eigenvalue weighted by atomic mass is 10.1. The number of carbonyl (C=O) groups excluding carboxylic acids is 1. The van der Waals surface area contributed by atoms with Crippen LogP contribution in [0.5, 0.6) is 0 Å². The predicted molar refractivity (Wildman–Crippen MR) is 79.8 cm³/mol. The Kier molecular flexibility index (Phi) is 3.83. The summed E-state index contributed by atoms with van der Waals surface area (Å²) in [6.07, 6.45) is 2.42. The van der Waals surface area contributed by atoms with Crippen LogP contribution in [0.15, 0.2) is 18.2 Å². The van der Waals surface area contributed by atoms with E-state index in [0.29, 0.717) is 22.3 Å². The lowest BCUT2D eigenvalue weighted by Crippen LogP contribution is -2.52. The van der Waals surface area contributed by atoms with Gasteiger partial charge in [0.15, 0.2) is 0 Å². The molecule has 1 aromatic rings. The maximum absolute atomic E-state index is 12.7. The summed E-state index contributed by atoms with van der Waals surface area (Å²) in [7, 11) is 0. The Bertz CT molecular complexity index is 522. The number of amides is 1. The molecule has 1 atom stereocenters. The molecule has 3 rings (SSSR count). The number of anilines is 1. The molecular weight excluding hydrogens is 276 g/mol. The van der Waals surface area contributed by atoms with Crippen LogP contribution in [0.1, 0.15) is 23.2 Å². The molecule has 2 fully saturated rings. The van der Waals surface area contributed by atoms with Crippen molar-refractivity contribution in [3.63, 3.8) is 0 Å². The van der Waals surface area contributed by atoms with Crippen molar-refractivity contribution in [1.82, 2.24) is 9.80 Å². The average molecular weight is 295 g/mol. The predicted octanol–water partition coefficient (Wildman–Crippen LogP) is 1.55. The largest absolute Gasteiger partial charge is 0.336 e. The first-order valence-electron chi connectivity index (χ1n) is 6.98. The van der Waals surface area contributed by atoms with E-state index in [0.717, 1.165) is 19.6 Å². The summed E-state index contributed by atoms with van der Waals surface area (Å²) in [4.78, 5) is 17.1. The second-order valence-electron chi connectivity index (χ2n) is 5.42. The quantitative estimate of drug-likeness (QED) is 0.642. The van der Waals surface area contributed by atoms with Crippen LogP contribution >= 0.6 is 11.6 Å². The maximum Gasteiger partial charge on any atom is 0.256 e. The highest BCUT2D eigenvalue weighted by Crippen LogP contribution is 2.25.